The van der Waals surface area contributed by atoms with E-state index >= 15 is 0 Å². The normalized spacial score (nSPS) is 14.2. The third-order valence-corrected chi connectivity index (χ3v) is 5.18. The van der Waals surface area contributed by atoms with Crippen LogP contribution in [0, 0.1) is 13.8 Å². The highest BCUT2D eigenvalue weighted by Crippen LogP contribution is 2.29. The number of benzene rings is 1. The van der Waals surface area contributed by atoms with E-state index in [1.165, 1.54) is 5.69 Å². The minimum atomic E-state index is 0.743. The van der Waals surface area contributed by atoms with Crippen molar-refractivity contribution in [2.75, 3.05) is 18.0 Å². The molecule has 148 valence electrons. The summed E-state index contributed by atoms with van der Waals surface area (Å²) in [6, 6.07) is 6.39. The lowest BCUT2D eigenvalue weighted by Gasteiger charge is -2.21. The Balaban J connectivity index is 1.76. The SMILES string of the molecule is CCN(CC)c1ccc(/N=C2/C(C)=Nn3c2nc(C)c3-c2cnccn2)c(C)c1. The number of hydrogen-bond acceptors (Lipinski definition) is 6. The van der Waals surface area contributed by atoms with Gasteiger partial charge in [0, 0.05) is 31.2 Å². The summed E-state index contributed by atoms with van der Waals surface area (Å²) < 4.78 is 1.83. The number of imidazole rings is 1. The molecule has 0 spiro atoms. The standard InChI is InChI=1S/C22H25N7/c1-6-28(7-2)17-8-9-18(14(3)12-17)26-20-15(4)27-29-21(16(5)25-22(20)29)19-13-23-10-11-24-19/h8-13H,6-7H2,1-5H3/b26-20-. The maximum Gasteiger partial charge on any atom is 0.182 e. The van der Waals surface area contributed by atoms with Gasteiger partial charge in [0.05, 0.1) is 23.3 Å². The Kier molecular flexibility index (Phi) is 4.96. The lowest BCUT2D eigenvalue weighted by atomic mass is 10.1. The van der Waals surface area contributed by atoms with E-state index in [2.05, 4.69) is 53.8 Å². The van der Waals surface area contributed by atoms with Crippen molar-refractivity contribution < 1.29 is 0 Å². The van der Waals surface area contributed by atoms with Crippen LogP contribution < -0.4 is 4.90 Å². The van der Waals surface area contributed by atoms with Crippen LogP contribution in [0.4, 0.5) is 11.4 Å². The van der Waals surface area contributed by atoms with Gasteiger partial charge in [0.1, 0.15) is 17.1 Å². The molecule has 0 bridgehead atoms. The zero-order valence-corrected chi connectivity index (χ0v) is 17.5. The third kappa shape index (κ3) is 3.33. The molecule has 0 amide bonds. The second-order valence-corrected chi connectivity index (χ2v) is 7.06. The Morgan fingerprint density at radius 2 is 1.86 bits per heavy atom. The van der Waals surface area contributed by atoms with Gasteiger partial charge in [-0.15, -0.1) is 0 Å². The molecule has 0 N–H and O–H groups in total. The fraction of sp³-hybridized carbons (Fsp3) is 0.318. The zero-order valence-electron chi connectivity index (χ0n) is 17.5. The van der Waals surface area contributed by atoms with E-state index in [4.69, 9.17) is 15.1 Å². The average Bonchev–Trinajstić information content (AvgIpc) is 3.19. The van der Waals surface area contributed by atoms with Gasteiger partial charge in [0.15, 0.2) is 5.82 Å². The topological polar surface area (TPSA) is 71.6 Å². The van der Waals surface area contributed by atoms with Crippen molar-refractivity contribution in [3.63, 3.8) is 0 Å². The molecule has 29 heavy (non-hydrogen) atoms. The van der Waals surface area contributed by atoms with Crippen LogP contribution in [-0.4, -0.2) is 44.1 Å². The summed E-state index contributed by atoms with van der Waals surface area (Å²) >= 11 is 0. The molecule has 1 aliphatic heterocycles. The Hall–Kier alpha value is -3.35. The van der Waals surface area contributed by atoms with E-state index in [0.717, 1.165) is 58.7 Å². The molecule has 4 rings (SSSR count). The molecule has 0 saturated heterocycles. The molecule has 0 atom stereocenters. The van der Waals surface area contributed by atoms with E-state index < -0.39 is 0 Å². The molecular weight excluding hydrogens is 362 g/mol. The number of aryl methyl sites for hydroxylation is 2. The van der Waals surface area contributed by atoms with E-state index in [1.807, 2.05) is 18.5 Å². The average molecular weight is 387 g/mol. The molecular formula is C22H25N7. The van der Waals surface area contributed by atoms with Gasteiger partial charge >= 0.3 is 0 Å². The highest BCUT2D eigenvalue weighted by Gasteiger charge is 2.27. The van der Waals surface area contributed by atoms with Gasteiger partial charge in [0.25, 0.3) is 0 Å². The molecule has 0 unspecified atom stereocenters. The fourth-order valence-electron chi connectivity index (χ4n) is 3.65. The van der Waals surface area contributed by atoms with Gasteiger partial charge < -0.3 is 4.90 Å². The van der Waals surface area contributed by atoms with Crippen LogP contribution in [0.1, 0.15) is 37.9 Å². The van der Waals surface area contributed by atoms with Gasteiger partial charge in [-0.3, -0.25) is 9.97 Å². The Labute approximate surface area is 170 Å². The zero-order chi connectivity index (χ0) is 20.5. The summed E-state index contributed by atoms with van der Waals surface area (Å²) in [4.78, 5) is 20.6. The first kappa shape index (κ1) is 19.0. The van der Waals surface area contributed by atoms with E-state index in [-0.39, 0.29) is 0 Å². The van der Waals surface area contributed by atoms with Gasteiger partial charge in [-0.25, -0.2) is 14.7 Å². The number of hydrogen-bond donors (Lipinski definition) is 0. The molecule has 0 saturated carbocycles. The number of fused-ring (bicyclic) bond motifs is 1. The number of anilines is 1. The Morgan fingerprint density at radius 3 is 2.52 bits per heavy atom. The van der Waals surface area contributed by atoms with Gasteiger partial charge in [-0.1, -0.05) is 0 Å². The quantitative estimate of drug-likeness (QED) is 0.659. The summed E-state index contributed by atoms with van der Waals surface area (Å²) in [6.07, 6.45) is 5.07. The molecule has 2 aromatic heterocycles. The summed E-state index contributed by atoms with van der Waals surface area (Å²) in [5.41, 5.74) is 7.37. The monoisotopic (exact) mass is 387 g/mol. The van der Waals surface area contributed by atoms with Crippen LogP contribution in [0.15, 0.2) is 46.9 Å². The molecule has 0 fully saturated rings. The van der Waals surface area contributed by atoms with Crippen LogP contribution in [0.25, 0.3) is 11.4 Å². The van der Waals surface area contributed by atoms with Gasteiger partial charge in [-0.05, 0) is 58.4 Å². The Bertz CT molecular complexity index is 1110. The second-order valence-electron chi connectivity index (χ2n) is 7.06. The molecule has 7 nitrogen and oxygen atoms in total. The van der Waals surface area contributed by atoms with Crippen molar-refractivity contribution in [3.05, 3.63) is 53.9 Å². The summed E-state index contributed by atoms with van der Waals surface area (Å²) in [5.74, 6) is 0.743. The summed E-state index contributed by atoms with van der Waals surface area (Å²) in [6.45, 7) is 12.3. The lowest BCUT2D eigenvalue weighted by molar-refractivity contribution is 0.865. The molecule has 1 aliphatic rings. The van der Waals surface area contributed by atoms with Crippen LogP contribution >= 0.6 is 0 Å². The van der Waals surface area contributed by atoms with E-state index in [1.54, 1.807) is 18.6 Å². The van der Waals surface area contributed by atoms with Crippen molar-refractivity contribution in [2.45, 2.75) is 34.6 Å². The van der Waals surface area contributed by atoms with Crippen molar-refractivity contribution in [1.82, 2.24) is 19.6 Å². The van der Waals surface area contributed by atoms with Gasteiger partial charge in [0.2, 0.25) is 0 Å². The summed E-state index contributed by atoms with van der Waals surface area (Å²) in [5, 5.41) is 4.69. The largest absolute Gasteiger partial charge is 0.372 e. The van der Waals surface area contributed by atoms with Crippen molar-refractivity contribution in [2.24, 2.45) is 10.1 Å². The molecule has 3 aromatic rings. The smallest absolute Gasteiger partial charge is 0.182 e. The molecule has 0 aliphatic carbocycles. The van der Waals surface area contributed by atoms with Crippen LogP contribution in [-0.2, 0) is 0 Å². The number of aromatic nitrogens is 4. The third-order valence-electron chi connectivity index (χ3n) is 5.18. The van der Waals surface area contributed by atoms with E-state index in [9.17, 15) is 0 Å². The summed E-state index contributed by atoms with van der Waals surface area (Å²) in [7, 11) is 0. The molecule has 3 heterocycles. The highest BCUT2D eigenvalue weighted by atomic mass is 15.4. The lowest BCUT2D eigenvalue weighted by Crippen LogP contribution is -2.21. The number of nitrogens with zero attached hydrogens (tertiary/aromatic N) is 7. The highest BCUT2D eigenvalue weighted by molar-refractivity contribution is 6.48. The molecule has 1 aromatic carbocycles. The maximum absolute atomic E-state index is 4.93. The van der Waals surface area contributed by atoms with Crippen molar-refractivity contribution in [1.29, 1.82) is 0 Å². The molecule has 7 heteroatoms. The first-order valence-corrected chi connectivity index (χ1v) is 9.89. The number of rotatable bonds is 5. The van der Waals surface area contributed by atoms with Crippen LogP contribution in [0.2, 0.25) is 0 Å². The van der Waals surface area contributed by atoms with E-state index in [0.29, 0.717) is 0 Å². The van der Waals surface area contributed by atoms with Crippen LogP contribution in [0.3, 0.4) is 0 Å². The minimum Gasteiger partial charge on any atom is -0.372 e. The number of aliphatic imine (C=N–C) groups is 1. The van der Waals surface area contributed by atoms with Crippen LogP contribution in [0.5, 0.6) is 0 Å². The predicted molar refractivity (Wildman–Crippen MR) is 117 cm³/mol. The molecule has 0 radical (unpaired) electrons. The van der Waals surface area contributed by atoms with Crippen molar-refractivity contribution >= 4 is 22.8 Å². The fourth-order valence-corrected chi connectivity index (χ4v) is 3.65. The first-order valence-electron chi connectivity index (χ1n) is 9.89. The second kappa shape index (κ2) is 7.58. The predicted octanol–water partition coefficient (Wildman–Crippen LogP) is 4.16. The maximum atomic E-state index is 4.93. The Morgan fingerprint density at radius 1 is 1.07 bits per heavy atom. The van der Waals surface area contributed by atoms with Crippen molar-refractivity contribution in [3.8, 4) is 11.4 Å². The van der Waals surface area contributed by atoms with Gasteiger partial charge in [-0.2, -0.15) is 5.10 Å². The first-order chi connectivity index (χ1) is 14.0. The minimum absolute atomic E-state index is 0.743.